The standard InChI is InChI=1S/C18H17NO2/c1-2-13(14-3-8-16(20)9-4-14)7-12-18(19)15-5-10-17(21)11-6-15/h2-12,20-21H,1,19H2/b13-7+,18-12-. The van der Waals surface area contributed by atoms with Gasteiger partial charge in [0.25, 0.3) is 0 Å². The minimum absolute atomic E-state index is 0.206. The first-order chi connectivity index (χ1) is 10.1. The maximum Gasteiger partial charge on any atom is 0.115 e. The summed E-state index contributed by atoms with van der Waals surface area (Å²) in [6.07, 6.45) is 5.38. The lowest BCUT2D eigenvalue weighted by Gasteiger charge is -2.03. The van der Waals surface area contributed by atoms with Crippen molar-refractivity contribution in [3.05, 3.63) is 84.5 Å². The number of nitrogens with two attached hydrogens (primary N) is 1. The van der Waals surface area contributed by atoms with Crippen LogP contribution in [0.25, 0.3) is 11.3 Å². The van der Waals surface area contributed by atoms with Gasteiger partial charge in [-0.05, 0) is 59.2 Å². The lowest BCUT2D eigenvalue weighted by atomic mass is 10.0. The maximum atomic E-state index is 9.30. The van der Waals surface area contributed by atoms with Crippen molar-refractivity contribution in [3.8, 4) is 11.5 Å². The van der Waals surface area contributed by atoms with Gasteiger partial charge in [-0.25, -0.2) is 0 Å². The highest BCUT2D eigenvalue weighted by atomic mass is 16.3. The molecule has 0 atom stereocenters. The third kappa shape index (κ3) is 3.76. The summed E-state index contributed by atoms with van der Waals surface area (Å²) in [7, 11) is 0. The smallest absolute Gasteiger partial charge is 0.115 e. The van der Waals surface area contributed by atoms with E-state index < -0.39 is 0 Å². The molecule has 0 aliphatic rings. The van der Waals surface area contributed by atoms with E-state index in [2.05, 4.69) is 6.58 Å². The van der Waals surface area contributed by atoms with Crippen molar-refractivity contribution in [2.75, 3.05) is 0 Å². The van der Waals surface area contributed by atoms with Crippen LogP contribution < -0.4 is 5.73 Å². The molecule has 2 aromatic carbocycles. The van der Waals surface area contributed by atoms with Crippen molar-refractivity contribution in [1.29, 1.82) is 0 Å². The molecule has 2 aromatic rings. The van der Waals surface area contributed by atoms with Crippen molar-refractivity contribution in [2.45, 2.75) is 0 Å². The molecule has 3 nitrogen and oxygen atoms in total. The Hall–Kier alpha value is -2.94. The van der Waals surface area contributed by atoms with E-state index >= 15 is 0 Å². The Balaban J connectivity index is 2.27. The molecule has 0 radical (unpaired) electrons. The van der Waals surface area contributed by atoms with Crippen LogP contribution in [-0.4, -0.2) is 10.2 Å². The predicted molar refractivity (Wildman–Crippen MR) is 86.6 cm³/mol. The lowest BCUT2D eigenvalue weighted by molar-refractivity contribution is 0.474. The zero-order valence-electron chi connectivity index (χ0n) is 11.5. The van der Waals surface area contributed by atoms with Gasteiger partial charge < -0.3 is 15.9 Å². The molecule has 2 rings (SSSR count). The number of allylic oxidation sites excluding steroid dienone is 4. The largest absolute Gasteiger partial charge is 0.508 e. The first-order valence-corrected chi connectivity index (χ1v) is 6.49. The molecule has 0 unspecified atom stereocenters. The number of phenols is 2. The van der Waals surface area contributed by atoms with Gasteiger partial charge in [0, 0.05) is 5.70 Å². The van der Waals surface area contributed by atoms with Crippen LogP contribution in [0, 0.1) is 0 Å². The van der Waals surface area contributed by atoms with E-state index in [0.29, 0.717) is 5.70 Å². The molecule has 106 valence electrons. The van der Waals surface area contributed by atoms with Gasteiger partial charge >= 0.3 is 0 Å². The highest BCUT2D eigenvalue weighted by Crippen LogP contribution is 2.20. The second-order valence-electron chi connectivity index (χ2n) is 4.54. The Bertz CT molecular complexity index is 680. The van der Waals surface area contributed by atoms with Crippen molar-refractivity contribution in [2.24, 2.45) is 5.73 Å². The third-order valence-electron chi connectivity index (χ3n) is 3.06. The summed E-state index contributed by atoms with van der Waals surface area (Å²) in [6.45, 7) is 3.79. The topological polar surface area (TPSA) is 66.5 Å². The Morgan fingerprint density at radius 2 is 1.29 bits per heavy atom. The van der Waals surface area contributed by atoms with Crippen molar-refractivity contribution < 1.29 is 10.2 Å². The Morgan fingerprint density at radius 1 is 0.810 bits per heavy atom. The molecule has 4 N–H and O–H groups in total. The number of rotatable bonds is 4. The Labute approximate surface area is 124 Å². The SMILES string of the molecule is C=C/C(=C\C=C(/N)c1ccc(O)cc1)c1ccc(O)cc1. The first kappa shape index (κ1) is 14.5. The zero-order valence-corrected chi connectivity index (χ0v) is 11.5. The monoisotopic (exact) mass is 279 g/mol. The number of hydrogen-bond donors (Lipinski definition) is 3. The van der Waals surface area contributed by atoms with Gasteiger partial charge in [0.2, 0.25) is 0 Å². The normalized spacial score (nSPS) is 12.2. The van der Waals surface area contributed by atoms with Gasteiger partial charge in [-0.1, -0.05) is 30.9 Å². The van der Waals surface area contributed by atoms with E-state index in [1.807, 2.05) is 18.2 Å². The Morgan fingerprint density at radius 3 is 1.76 bits per heavy atom. The van der Waals surface area contributed by atoms with Gasteiger partial charge in [-0.15, -0.1) is 0 Å². The average Bonchev–Trinajstić information content (AvgIpc) is 2.50. The molecule has 0 spiro atoms. The summed E-state index contributed by atoms with van der Waals surface area (Å²) in [5.74, 6) is 0.430. The molecule has 3 heteroatoms. The second-order valence-corrected chi connectivity index (χ2v) is 4.54. The van der Waals surface area contributed by atoms with E-state index in [0.717, 1.165) is 16.7 Å². The minimum atomic E-state index is 0.206. The molecule has 0 bridgehead atoms. The predicted octanol–water partition coefficient (Wildman–Crippen LogP) is 3.67. The van der Waals surface area contributed by atoms with E-state index in [1.54, 1.807) is 48.6 Å². The van der Waals surface area contributed by atoms with Crippen LogP contribution in [0.15, 0.2) is 73.3 Å². The van der Waals surface area contributed by atoms with E-state index in [4.69, 9.17) is 5.73 Å². The summed E-state index contributed by atoms with van der Waals surface area (Å²) in [4.78, 5) is 0. The fourth-order valence-electron chi connectivity index (χ4n) is 1.87. The van der Waals surface area contributed by atoms with Gasteiger partial charge in [0.05, 0.1) is 0 Å². The van der Waals surface area contributed by atoms with Crippen LogP contribution in [-0.2, 0) is 0 Å². The summed E-state index contributed by atoms with van der Waals surface area (Å²) >= 11 is 0. The van der Waals surface area contributed by atoms with Gasteiger partial charge in [0.15, 0.2) is 0 Å². The maximum absolute atomic E-state index is 9.30. The summed E-state index contributed by atoms with van der Waals surface area (Å²) in [5, 5.41) is 18.6. The van der Waals surface area contributed by atoms with Gasteiger partial charge in [-0.3, -0.25) is 0 Å². The molecule has 21 heavy (non-hydrogen) atoms. The van der Waals surface area contributed by atoms with Crippen LogP contribution >= 0.6 is 0 Å². The molecule has 0 heterocycles. The quantitative estimate of drug-likeness (QED) is 0.748. The molecular weight excluding hydrogens is 262 g/mol. The number of aromatic hydroxyl groups is 2. The molecule has 0 saturated heterocycles. The van der Waals surface area contributed by atoms with Crippen LogP contribution in [0.2, 0.25) is 0 Å². The summed E-state index contributed by atoms with van der Waals surface area (Å²) < 4.78 is 0. The molecule has 0 saturated carbocycles. The molecule has 0 amide bonds. The zero-order chi connectivity index (χ0) is 15.2. The molecule has 0 fully saturated rings. The fraction of sp³-hybridized carbons (Fsp3) is 0. The van der Waals surface area contributed by atoms with Gasteiger partial charge in [0.1, 0.15) is 11.5 Å². The highest BCUT2D eigenvalue weighted by molar-refractivity contribution is 5.77. The molecule has 0 aromatic heterocycles. The molecule has 0 aliphatic carbocycles. The van der Waals surface area contributed by atoms with Crippen molar-refractivity contribution in [1.82, 2.24) is 0 Å². The average molecular weight is 279 g/mol. The van der Waals surface area contributed by atoms with Crippen LogP contribution in [0.5, 0.6) is 11.5 Å². The van der Waals surface area contributed by atoms with Crippen LogP contribution in [0.1, 0.15) is 11.1 Å². The summed E-state index contributed by atoms with van der Waals surface area (Å²) in [6, 6.07) is 13.6. The molecular formula is C18H17NO2. The lowest BCUT2D eigenvalue weighted by Crippen LogP contribution is -1.95. The number of phenolic OH excluding ortho intramolecular Hbond substituents is 2. The number of hydrogen-bond acceptors (Lipinski definition) is 3. The van der Waals surface area contributed by atoms with E-state index in [9.17, 15) is 10.2 Å². The highest BCUT2D eigenvalue weighted by Gasteiger charge is 1.98. The summed E-state index contributed by atoms with van der Waals surface area (Å²) in [5.41, 5.74) is 9.28. The van der Waals surface area contributed by atoms with Crippen LogP contribution in [0.4, 0.5) is 0 Å². The molecule has 0 aliphatic heterocycles. The number of benzene rings is 2. The van der Waals surface area contributed by atoms with Gasteiger partial charge in [-0.2, -0.15) is 0 Å². The van der Waals surface area contributed by atoms with Crippen LogP contribution in [0.3, 0.4) is 0 Å². The Kier molecular flexibility index (Phi) is 4.46. The van der Waals surface area contributed by atoms with Crippen molar-refractivity contribution >= 4 is 11.3 Å². The first-order valence-electron chi connectivity index (χ1n) is 6.49. The minimum Gasteiger partial charge on any atom is -0.508 e. The van der Waals surface area contributed by atoms with Crippen molar-refractivity contribution in [3.63, 3.8) is 0 Å². The van der Waals surface area contributed by atoms with E-state index in [-0.39, 0.29) is 11.5 Å². The third-order valence-corrected chi connectivity index (χ3v) is 3.06. The second kappa shape index (κ2) is 6.48. The van der Waals surface area contributed by atoms with E-state index in [1.165, 1.54) is 0 Å². The fourth-order valence-corrected chi connectivity index (χ4v) is 1.87.